The van der Waals surface area contributed by atoms with Gasteiger partial charge in [-0.15, -0.1) is 0 Å². The number of nitro groups is 1. The quantitative estimate of drug-likeness (QED) is 0.630. The number of nitro benzene ring substituents is 1. The van der Waals surface area contributed by atoms with Gasteiger partial charge in [0.2, 0.25) is 0 Å². The van der Waals surface area contributed by atoms with Crippen LogP contribution in [0.3, 0.4) is 0 Å². The van der Waals surface area contributed by atoms with Crippen molar-refractivity contribution < 1.29 is 9.72 Å². The highest BCUT2D eigenvalue weighted by Gasteiger charge is 2.30. The zero-order valence-corrected chi connectivity index (χ0v) is 13.9. The first kappa shape index (κ1) is 16.4. The summed E-state index contributed by atoms with van der Waals surface area (Å²) in [6.07, 6.45) is 6.27. The maximum Gasteiger partial charge on any atom is 0.287 e. The SMILES string of the molecule is C[C@H]1CCN(C(=O)c2ccc([N+](=O)[O-])c(Cl)c2)C[C@@H]1n1ccnc1. The molecule has 3 rings (SSSR count). The predicted molar refractivity (Wildman–Crippen MR) is 89.1 cm³/mol. The van der Waals surface area contributed by atoms with Crippen molar-refractivity contribution in [2.45, 2.75) is 19.4 Å². The van der Waals surface area contributed by atoms with Crippen molar-refractivity contribution >= 4 is 23.2 Å². The molecule has 1 aliphatic heterocycles. The molecule has 126 valence electrons. The van der Waals surface area contributed by atoms with E-state index >= 15 is 0 Å². The van der Waals surface area contributed by atoms with E-state index in [1.807, 2.05) is 10.8 Å². The number of imidazole rings is 1. The summed E-state index contributed by atoms with van der Waals surface area (Å²) >= 11 is 5.92. The Bertz CT molecular complexity index is 763. The van der Waals surface area contributed by atoms with Gasteiger partial charge in [-0.2, -0.15) is 0 Å². The second-order valence-corrected chi connectivity index (χ2v) is 6.42. The van der Waals surface area contributed by atoms with Crippen LogP contribution in [-0.2, 0) is 0 Å². The topological polar surface area (TPSA) is 81.3 Å². The number of hydrogen-bond donors (Lipinski definition) is 0. The van der Waals surface area contributed by atoms with Gasteiger partial charge in [0.05, 0.1) is 17.3 Å². The first-order valence-corrected chi connectivity index (χ1v) is 8.06. The molecule has 1 amide bonds. The van der Waals surface area contributed by atoms with E-state index in [2.05, 4.69) is 11.9 Å². The van der Waals surface area contributed by atoms with Gasteiger partial charge in [-0.3, -0.25) is 14.9 Å². The van der Waals surface area contributed by atoms with Crippen LogP contribution in [0.15, 0.2) is 36.9 Å². The summed E-state index contributed by atoms with van der Waals surface area (Å²) in [5.41, 5.74) is 0.168. The molecule has 0 radical (unpaired) electrons. The molecule has 1 aromatic heterocycles. The Labute approximate surface area is 144 Å². The molecule has 0 bridgehead atoms. The van der Waals surface area contributed by atoms with Crippen molar-refractivity contribution in [2.24, 2.45) is 5.92 Å². The van der Waals surface area contributed by atoms with Gasteiger partial charge in [0.25, 0.3) is 11.6 Å². The molecule has 1 aromatic carbocycles. The molecule has 7 nitrogen and oxygen atoms in total. The number of carbonyl (C=O) groups excluding carboxylic acids is 1. The fourth-order valence-corrected chi connectivity index (χ4v) is 3.31. The molecule has 2 aromatic rings. The molecule has 0 saturated carbocycles. The summed E-state index contributed by atoms with van der Waals surface area (Å²) in [5.74, 6) is 0.271. The molecule has 0 N–H and O–H groups in total. The van der Waals surface area contributed by atoms with Crippen LogP contribution in [0.2, 0.25) is 5.02 Å². The molecule has 8 heteroatoms. The lowest BCUT2D eigenvalue weighted by Crippen LogP contribution is -2.43. The lowest BCUT2D eigenvalue weighted by Gasteiger charge is -2.37. The lowest BCUT2D eigenvalue weighted by molar-refractivity contribution is -0.384. The van der Waals surface area contributed by atoms with Crippen molar-refractivity contribution in [1.29, 1.82) is 0 Å². The molecular weight excluding hydrogens is 332 g/mol. The standard InChI is InChI=1S/C16H17ClN4O3/c1-11-4-6-19(9-15(11)20-7-5-18-10-20)16(22)12-2-3-14(21(23)24)13(17)8-12/h2-3,5,7-8,10-11,15H,4,6,9H2,1H3/t11-,15-/m0/s1. The molecule has 2 heterocycles. The number of piperidine rings is 1. The van der Waals surface area contributed by atoms with Crippen molar-refractivity contribution in [2.75, 3.05) is 13.1 Å². The number of likely N-dealkylation sites (tertiary alicyclic amines) is 1. The maximum absolute atomic E-state index is 12.7. The fraction of sp³-hybridized carbons (Fsp3) is 0.375. The molecule has 0 unspecified atom stereocenters. The Kier molecular flexibility index (Phi) is 4.53. The average molecular weight is 349 g/mol. The number of hydrogen-bond acceptors (Lipinski definition) is 4. The first-order valence-electron chi connectivity index (χ1n) is 7.68. The Morgan fingerprint density at radius 1 is 1.46 bits per heavy atom. The fourth-order valence-electron chi connectivity index (χ4n) is 3.06. The average Bonchev–Trinajstić information content (AvgIpc) is 3.08. The van der Waals surface area contributed by atoms with E-state index in [1.54, 1.807) is 17.4 Å². The third kappa shape index (κ3) is 3.12. The van der Waals surface area contributed by atoms with Gasteiger partial charge in [-0.25, -0.2) is 4.98 Å². The highest BCUT2D eigenvalue weighted by atomic mass is 35.5. The number of nitrogens with zero attached hydrogens (tertiary/aromatic N) is 4. The van der Waals surface area contributed by atoms with E-state index < -0.39 is 4.92 Å². The first-order chi connectivity index (χ1) is 11.5. The summed E-state index contributed by atoms with van der Waals surface area (Å²) in [7, 11) is 0. The van der Waals surface area contributed by atoms with Gasteiger partial charge in [-0.1, -0.05) is 18.5 Å². The van der Waals surface area contributed by atoms with Crippen LogP contribution in [0.1, 0.15) is 29.7 Å². The number of aromatic nitrogens is 2. The summed E-state index contributed by atoms with van der Waals surface area (Å²) < 4.78 is 2.02. The number of benzene rings is 1. The van der Waals surface area contributed by atoms with Crippen molar-refractivity contribution in [3.05, 3.63) is 57.6 Å². The maximum atomic E-state index is 12.7. The Morgan fingerprint density at radius 3 is 2.88 bits per heavy atom. The molecule has 1 saturated heterocycles. The summed E-state index contributed by atoms with van der Waals surface area (Å²) in [6, 6.07) is 4.26. The van der Waals surface area contributed by atoms with Crippen molar-refractivity contribution in [3.8, 4) is 0 Å². The summed E-state index contributed by atoms with van der Waals surface area (Å²) in [4.78, 5) is 28.8. The van der Waals surface area contributed by atoms with Crippen LogP contribution < -0.4 is 0 Å². The minimum Gasteiger partial charge on any atom is -0.337 e. The van der Waals surface area contributed by atoms with E-state index in [0.29, 0.717) is 24.6 Å². The highest BCUT2D eigenvalue weighted by Crippen LogP contribution is 2.30. The Morgan fingerprint density at radius 2 is 2.25 bits per heavy atom. The summed E-state index contributed by atoms with van der Waals surface area (Å²) in [6.45, 7) is 3.39. The predicted octanol–water partition coefficient (Wildman–Crippen LogP) is 3.17. The number of rotatable bonds is 3. The second-order valence-electron chi connectivity index (χ2n) is 6.02. The third-order valence-electron chi connectivity index (χ3n) is 4.51. The van der Waals surface area contributed by atoms with Gasteiger partial charge in [0.15, 0.2) is 0 Å². The minimum absolute atomic E-state index is 0.0256. The zero-order chi connectivity index (χ0) is 17.3. The van der Waals surface area contributed by atoms with Crippen LogP contribution in [0, 0.1) is 16.0 Å². The van der Waals surface area contributed by atoms with Gasteiger partial charge in [-0.05, 0) is 24.5 Å². The second kappa shape index (κ2) is 6.60. The van der Waals surface area contributed by atoms with Crippen LogP contribution in [0.5, 0.6) is 0 Å². The Hall–Kier alpha value is -2.41. The van der Waals surface area contributed by atoms with Crippen molar-refractivity contribution in [3.63, 3.8) is 0 Å². The smallest absolute Gasteiger partial charge is 0.287 e. The van der Waals surface area contributed by atoms with Gasteiger partial charge in [0, 0.05) is 37.1 Å². The van der Waals surface area contributed by atoms with Crippen LogP contribution in [0.4, 0.5) is 5.69 Å². The van der Waals surface area contributed by atoms with E-state index in [9.17, 15) is 14.9 Å². The number of halogens is 1. The molecule has 2 atom stereocenters. The normalized spacial score (nSPS) is 20.8. The molecule has 1 fully saturated rings. The monoisotopic (exact) mass is 348 g/mol. The highest BCUT2D eigenvalue weighted by molar-refractivity contribution is 6.33. The van der Waals surface area contributed by atoms with Gasteiger partial charge < -0.3 is 9.47 Å². The molecule has 24 heavy (non-hydrogen) atoms. The van der Waals surface area contributed by atoms with Crippen LogP contribution >= 0.6 is 11.6 Å². The molecular formula is C16H17ClN4O3. The van der Waals surface area contributed by atoms with Gasteiger partial charge in [0.1, 0.15) is 5.02 Å². The molecule has 1 aliphatic rings. The van der Waals surface area contributed by atoms with E-state index in [0.717, 1.165) is 6.42 Å². The third-order valence-corrected chi connectivity index (χ3v) is 4.81. The van der Waals surface area contributed by atoms with Crippen LogP contribution in [-0.4, -0.2) is 38.4 Å². The van der Waals surface area contributed by atoms with Gasteiger partial charge >= 0.3 is 0 Å². The molecule has 0 aliphatic carbocycles. The number of amides is 1. The minimum atomic E-state index is -0.561. The molecule has 0 spiro atoms. The van der Waals surface area contributed by atoms with E-state index in [4.69, 9.17) is 11.6 Å². The number of carbonyl (C=O) groups is 1. The summed E-state index contributed by atoms with van der Waals surface area (Å²) in [5, 5.41) is 10.8. The Balaban J connectivity index is 1.80. The van der Waals surface area contributed by atoms with E-state index in [1.165, 1.54) is 18.2 Å². The lowest BCUT2D eigenvalue weighted by atomic mass is 9.93. The van der Waals surface area contributed by atoms with E-state index in [-0.39, 0.29) is 22.7 Å². The zero-order valence-electron chi connectivity index (χ0n) is 13.1. The largest absolute Gasteiger partial charge is 0.337 e. The van der Waals surface area contributed by atoms with Crippen molar-refractivity contribution in [1.82, 2.24) is 14.5 Å². The van der Waals surface area contributed by atoms with Crippen LogP contribution in [0.25, 0.3) is 0 Å².